The molecule has 2 aliphatic rings. The van der Waals surface area contributed by atoms with Gasteiger partial charge in [0, 0.05) is 5.70 Å². The number of fused-ring (bicyclic) bond motifs is 1. The summed E-state index contributed by atoms with van der Waals surface area (Å²) in [6.45, 7) is 3.69. The Labute approximate surface area is 121 Å². The predicted molar refractivity (Wildman–Crippen MR) is 73.8 cm³/mol. The van der Waals surface area contributed by atoms with Crippen LogP contribution in [0.3, 0.4) is 0 Å². The van der Waals surface area contributed by atoms with Crippen molar-refractivity contribution in [2.45, 2.75) is 18.9 Å². The first kappa shape index (κ1) is 13.4. The molecule has 0 aliphatic carbocycles. The summed E-state index contributed by atoms with van der Waals surface area (Å²) in [5, 5.41) is 2.59. The van der Waals surface area contributed by atoms with E-state index in [1.165, 1.54) is 7.11 Å². The van der Waals surface area contributed by atoms with Crippen molar-refractivity contribution < 1.29 is 19.1 Å². The summed E-state index contributed by atoms with van der Waals surface area (Å²) in [6.07, 6.45) is 0.930. The Morgan fingerprint density at radius 3 is 2.71 bits per heavy atom. The number of nitrogens with zero attached hydrogens (tertiary/aromatic N) is 1. The van der Waals surface area contributed by atoms with Crippen LogP contribution in [0.5, 0.6) is 5.75 Å². The molecule has 0 saturated carbocycles. The van der Waals surface area contributed by atoms with E-state index in [2.05, 4.69) is 11.9 Å². The minimum Gasteiger partial charge on any atom is -0.496 e. The van der Waals surface area contributed by atoms with Crippen molar-refractivity contribution in [2.24, 2.45) is 0 Å². The molecule has 108 valence electrons. The molecule has 0 radical (unpaired) electrons. The molecule has 1 fully saturated rings. The Balaban J connectivity index is 2.00. The van der Waals surface area contributed by atoms with Gasteiger partial charge in [0.1, 0.15) is 11.8 Å². The highest BCUT2D eigenvalue weighted by Gasteiger charge is 2.45. The molecule has 2 aliphatic heterocycles. The number of methoxy groups -OCH3 is 1. The Bertz CT molecular complexity index is 680. The van der Waals surface area contributed by atoms with Crippen molar-refractivity contribution in [1.29, 1.82) is 0 Å². The average molecular weight is 286 g/mol. The summed E-state index contributed by atoms with van der Waals surface area (Å²) < 4.78 is 5.14. The topological polar surface area (TPSA) is 75.7 Å². The average Bonchev–Trinajstić information content (AvgIpc) is 2.72. The molecule has 1 aromatic rings. The monoisotopic (exact) mass is 286 g/mol. The highest BCUT2D eigenvalue weighted by Crippen LogP contribution is 2.33. The lowest BCUT2D eigenvalue weighted by Gasteiger charge is -2.29. The lowest BCUT2D eigenvalue weighted by atomic mass is 10.0. The zero-order valence-electron chi connectivity index (χ0n) is 11.5. The first-order chi connectivity index (χ1) is 10.0. The second-order valence-electron chi connectivity index (χ2n) is 5.01. The van der Waals surface area contributed by atoms with Crippen LogP contribution in [0.4, 0.5) is 0 Å². The van der Waals surface area contributed by atoms with Gasteiger partial charge >= 0.3 is 0 Å². The quantitative estimate of drug-likeness (QED) is 0.826. The largest absolute Gasteiger partial charge is 0.496 e. The van der Waals surface area contributed by atoms with Gasteiger partial charge in [0.15, 0.2) is 0 Å². The Hall–Kier alpha value is -2.63. The second-order valence-corrected chi connectivity index (χ2v) is 5.01. The number of hydrogen-bond donors (Lipinski definition) is 1. The Morgan fingerprint density at radius 2 is 2.05 bits per heavy atom. The summed E-state index contributed by atoms with van der Waals surface area (Å²) in [5.74, 6) is -0.977. The Morgan fingerprint density at radius 1 is 1.29 bits per heavy atom. The van der Waals surface area contributed by atoms with Gasteiger partial charge in [0.05, 0.1) is 18.2 Å². The van der Waals surface area contributed by atoms with Gasteiger partial charge in [-0.1, -0.05) is 12.6 Å². The fraction of sp³-hybridized carbons (Fsp3) is 0.267. The molecule has 6 heteroatoms. The number of carbonyl (C=O) groups is 3. The minimum atomic E-state index is -0.799. The third-order valence-electron chi connectivity index (χ3n) is 3.76. The molecule has 1 saturated heterocycles. The van der Waals surface area contributed by atoms with E-state index in [9.17, 15) is 14.4 Å². The number of rotatable bonds is 2. The molecule has 3 rings (SSSR count). The van der Waals surface area contributed by atoms with E-state index in [0.717, 1.165) is 4.90 Å². The second kappa shape index (κ2) is 4.73. The van der Waals surface area contributed by atoms with Gasteiger partial charge in [-0.15, -0.1) is 0 Å². The lowest BCUT2D eigenvalue weighted by Crippen LogP contribution is -2.51. The summed E-state index contributed by atoms with van der Waals surface area (Å²) in [6, 6.07) is 4.04. The van der Waals surface area contributed by atoms with Crippen molar-refractivity contribution >= 4 is 17.7 Å². The van der Waals surface area contributed by atoms with Crippen LogP contribution in [0.25, 0.3) is 0 Å². The molecule has 6 nitrogen and oxygen atoms in total. The molecular weight excluding hydrogens is 272 g/mol. The number of carbonyl (C=O) groups excluding carboxylic acids is 3. The lowest BCUT2D eigenvalue weighted by molar-refractivity contribution is -0.125. The van der Waals surface area contributed by atoms with E-state index in [4.69, 9.17) is 4.74 Å². The smallest absolute Gasteiger partial charge is 0.266 e. The van der Waals surface area contributed by atoms with Gasteiger partial charge in [-0.25, -0.2) is 0 Å². The van der Waals surface area contributed by atoms with Gasteiger partial charge in [-0.3, -0.25) is 19.3 Å². The summed E-state index contributed by atoms with van der Waals surface area (Å²) in [7, 11) is 1.44. The van der Waals surface area contributed by atoms with E-state index in [1.54, 1.807) is 18.2 Å². The van der Waals surface area contributed by atoms with Crippen LogP contribution in [0, 0.1) is 0 Å². The zero-order chi connectivity index (χ0) is 15.1. The van der Waals surface area contributed by atoms with E-state index in [0.29, 0.717) is 24.3 Å². The highest BCUT2D eigenvalue weighted by atomic mass is 16.5. The van der Waals surface area contributed by atoms with Crippen LogP contribution in [-0.2, 0) is 4.79 Å². The molecule has 0 aromatic heterocycles. The number of ether oxygens (including phenoxy) is 1. The third-order valence-corrected chi connectivity index (χ3v) is 3.76. The van der Waals surface area contributed by atoms with Crippen LogP contribution in [0.15, 0.2) is 30.5 Å². The van der Waals surface area contributed by atoms with E-state index in [1.807, 2.05) is 0 Å². The maximum atomic E-state index is 12.5. The van der Waals surface area contributed by atoms with Crippen LogP contribution < -0.4 is 10.1 Å². The fourth-order valence-electron chi connectivity index (χ4n) is 2.73. The molecule has 1 aromatic carbocycles. The molecule has 0 spiro atoms. The maximum absolute atomic E-state index is 12.5. The van der Waals surface area contributed by atoms with Gasteiger partial charge in [0.2, 0.25) is 5.91 Å². The van der Waals surface area contributed by atoms with Crippen molar-refractivity contribution in [3.05, 3.63) is 41.6 Å². The number of allylic oxidation sites excluding steroid dienone is 1. The highest BCUT2D eigenvalue weighted by molar-refractivity contribution is 6.24. The van der Waals surface area contributed by atoms with Crippen LogP contribution in [0.2, 0.25) is 0 Å². The normalized spacial score (nSPS) is 21.4. The van der Waals surface area contributed by atoms with Gasteiger partial charge in [-0.05, 0) is 25.0 Å². The van der Waals surface area contributed by atoms with Gasteiger partial charge < -0.3 is 10.1 Å². The number of hydrogen-bond acceptors (Lipinski definition) is 4. The molecule has 21 heavy (non-hydrogen) atoms. The predicted octanol–water partition coefficient (Wildman–Crippen LogP) is 1.08. The molecule has 1 N–H and O–H groups in total. The maximum Gasteiger partial charge on any atom is 0.266 e. The van der Waals surface area contributed by atoms with E-state index >= 15 is 0 Å². The van der Waals surface area contributed by atoms with Crippen LogP contribution in [-0.4, -0.2) is 35.8 Å². The molecule has 3 amide bonds. The van der Waals surface area contributed by atoms with Gasteiger partial charge in [-0.2, -0.15) is 0 Å². The fourth-order valence-corrected chi connectivity index (χ4v) is 2.73. The number of imide groups is 1. The number of benzene rings is 1. The summed E-state index contributed by atoms with van der Waals surface area (Å²) in [4.78, 5) is 38.0. The summed E-state index contributed by atoms with van der Waals surface area (Å²) >= 11 is 0. The van der Waals surface area contributed by atoms with Crippen LogP contribution >= 0.6 is 0 Å². The van der Waals surface area contributed by atoms with Crippen molar-refractivity contribution in [1.82, 2.24) is 10.2 Å². The number of nitrogens with one attached hydrogen (secondary N) is 1. The number of amides is 3. The molecule has 2 heterocycles. The first-order valence-corrected chi connectivity index (χ1v) is 6.58. The molecule has 1 unspecified atom stereocenters. The third kappa shape index (κ3) is 1.91. The van der Waals surface area contributed by atoms with E-state index < -0.39 is 17.9 Å². The molecule has 0 bridgehead atoms. The Kier molecular flexibility index (Phi) is 3.01. The minimum absolute atomic E-state index is 0.224. The van der Waals surface area contributed by atoms with Crippen molar-refractivity contribution in [3.63, 3.8) is 0 Å². The van der Waals surface area contributed by atoms with Gasteiger partial charge in [0.25, 0.3) is 11.8 Å². The van der Waals surface area contributed by atoms with Crippen molar-refractivity contribution in [3.8, 4) is 5.75 Å². The SMILES string of the molecule is C=C1CCC(N2C(=O)c3cccc(OC)c3C2=O)C(=O)N1. The zero-order valence-corrected chi connectivity index (χ0v) is 11.5. The molecule has 1 atom stereocenters. The first-order valence-electron chi connectivity index (χ1n) is 6.58. The van der Waals surface area contributed by atoms with Crippen molar-refractivity contribution in [2.75, 3.05) is 7.11 Å². The van der Waals surface area contributed by atoms with E-state index in [-0.39, 0.29) is 17.0 Å². The standard InChI is InChI=1S/C15H14N2O4/c1-8-6-7-10(13(18)16-8)17-14(19)9-4-3-5-11(21-2)12(9)15(17)20/h3-5,10H,1,6-7H2,2H3,(H,16,18). The molecular formula is C15H14N2O4. The number of piperidine rings is 1. The van der Waals surface area contributed by atoms with Crippen LogP contribution in [0.1, 0.15) is 33.6 Å². The summed E-state index contributed by atoms with van der Waals surface area (Å²) in [5.41, 5.74) is 1.10.